The fraction of sp³-hybridized carbons (Fsp3) is 0.429. The van der Waals surface area contributed by atoms with E-state index in [1.54, 1.807) is 0 Å². The molecule has 0 amide bonds. The first-order chi connectivity index (χ1) is 9.06. The maximum atomic E-state index is 14.2. The van der Waals surface area contributed by atoms with Crippen LogP contribution in [0.3, 0.4) is 0 Å². The SMILES string of the molecule is COC(=O)C1(F)CCN(Cc2ccccc2)CC1=O. The zero-order valence-electron chi connectivity index (χ0n) is 10.8. The molecule has 2 rings (SSSR count). The van der Waals surface area contributed by atoms with E-state index in [1.807, 2.05) is 35.2 Å². The second kappa shape index (κ2) is 5.48. The number of carbonyl (C=O) groups excluding carboxylic acids is 2. The number of ether oxygens (including phenoxy) is 1. The van der Waals surface area contributed by atoms with Crippen molar-refractivity contribution >= 4 is 11.8 Å². The van der Waals surface area contributed by atoms with E-state index in [2.05, 4.69) is 4.74 Å². The number of Topliss-reactive ketones (excluding diaryl/α,β-unsaturated/α-hetero) is 1. The number of piperidine rings is 1. The van der Waals surface area contributed by atoms with Crippen molar-refractivity contribution in [2.75, 3.05) is 20.2 Å². The van der Waals surface area contributed by atoms with Crippen molar-refractivity contribution in [3.05, 3.63) is 35.9 Å². The number of esters is 1. The number of hydrogen-bond acceptors (Lipinski definition) is 4. The monoisotopic (exact) mass is 265 g/mol. The zero-order valence-corrected chi connectivity index (χ0v) is 10.8. The van der Waals surface area contributed by atoms with Crippen LogP contribution in [-0.2, 0) is 20.9 Å². The molecule has 0 aromatic heterocycles. The molecule has 0 radical (unpaired) electrons. The Morgan fingerprint density at radius 1 is 1.42 bits per heavy atom. The molecule has 1 unspecified atom stereocenters. The molecule has 1 atom stereocenters. The third-order valence-corrected chi connectivity index (χ3v) is 3.34. The molecule has 1 saturated heterocycles. The molecule has 5 heteroatoms. The molecule has 0 aliphatic carbocycles. The molecule has 0 N–H and O–H groups in total. The van der Waals surface area contributed by atoms with Gasteiger partial charge in [0, 0.05) is 19.5 Å². The number of hydrogen-bond donors (Lipinski definition) is 0. The van der Waals surface area contributed by atoms with E-state index in [4.69, 9.17) is 0 Å². The highest BCUT2D eigenvalue weighted by Gasteiger charge is 2.50. The lowest BCUT2D eigenvalue weighted by Gasteiger charge is -2.33. The van der Waals surface area contributed by atoms with Crippen LogP contribution in [0.1, 0.15) is 12.0 Å². The molecule has 0 saturated carbocycles. The highest BCUT2D eigenvalue weighted by atomic mass is 19.1. The first-order valence-corrected chi connectivity index (χ1v) is 6.13. The smallest absolute Gasteiger partial charge is 0.351 e. The quantitative estimate of drug-likeness (QED) is 0.611. The number of rotatable bonds is 3. The van der Waals surface area contributed by atoms with Gasteiger partial charge in [-0.2, -0.15) is 0 Å². The summed E-state index contributed by atoms with van der Waals surface area (Å²) in [6, 6.07) is 9.63. The van der Waals surface area contributed by atoms with Gasteiger partial charge >= 0.3 is 5.97 Å². The largest absolute Gasteiger partial charge is 0.466 e. The summed E-state index contributed by atoms with van der Waals surface area (Å²) in [5, 5.41) is 0. The Labute approximate surface area is 111 Å². The lowest BCUT2D eigenvalue weighted by Crippen LogP contribution is -2.54. The van der Waals surface area contributed by atoms with Gasteiger partial charge in [-0.3, -0.25) is 9.69 Å². The maximum Gasteiger partial charge on any atom is 0.351 e. The van der Waals surface area contributed by atoms with Crippen LogP contribution in [0.4, 0.5) is 4.39 Å². The van der Waals surface area contributed by atoms with E-state index < -0.39 is 17.4 Å². The van der Waals surface area contributed by atoms with Crippen LogP contribution in [0.5, 0.6) is 0 Å². The molecule has 1 heterocycles. The maximum absolute atomic E-state index is 14.2. The summed E-state index contributed by atoms with van der Waals surface area (Å²) in [4.78, 5) is 25.0. The highest BCUT2D eigenvalue weighted by molar-refractivity contribution is 6.08. The van der Waals surface area contributed by atoms with Crippen molar-refractivity contribution in [2.45, 2.75) is 18.6 Å². The van der Waals surface area contributed by atoms with Gasteiger partial charge in [0.15, 0.2) is 5.78 Å². The minimum Gasteiger partial charge on any atom is -0.466 e. The van der Waals surface area contributed by atoms with Crippen molar-refractivity contribution < 1.29 is 18.7 Å². The molecule has 4 nitrogen and oxygen atoms in total. The van der Waals surface area contributed by atoms with Crippen LogP contribution in [-0.4, -0.2) is 42.5 Å². The Hall–Kier alpha value is -1.75. The third-order valence-electron chi connectivity index (χ3n) is 3.34. The van der Waals surface area contributed by atoms with E-state index in [9.17, 15) is 14.0 Å². The number of benzene rings is 1. The van der Waals surface area contributed by atoms with E-state index >= 15 is 0 Å². The predicted octanol–water partition coefficient (Wildman–Crippen LogP) is 1.34. The van der Waals surface area contributed by atoms with Crippen molar-refractivity contribution in [1.82, 2.24) is 4.90 Å². The number of alkyl halides is 1. The van der Waals surface area contributed by atoms with Crippen molar-refractivity contribution in [3.63, 3.8) is 0 Å². The second-order valence-electron chi connectivity index (χ2n) is 4.66. The predicted molar refractivity (Wildman–Crippen MR) is 67.2 cm³/mol. The van der Waals surface area contributed by atoms with Crippen molar-refractivity contribution in [2.24, 2.45) is 0 Å². The van der Waals surface area contributed by atoms with Gasteiger partial charge in [0.2, 0.25) is 0 Å². The number of carbonyl (C=O) groups is 2. The van der Waals surface area contributed by atoms with Crippen molar-refractivity contribution in [1.29, 1.82) is 0 Å². The highest BCUT2D eigenvalue weighted by Crippen LogP contribution is 2.25. The number of nitrogens with zero attached hydrogens (tertiary/aromatic N) is 1. The zero-order chi connectivity index (χ0) is 13.9. The third kappa shape index (κ3) is 2.81. The number of methoxy groups -OCH3 is 1. The standard InChI is InChI=1S/C14H16FNO3/c1-19-13(18)14(15)7-8-16(10-12(14)17)9-11-5-3-2-4-6-11/h2-6H,7-10H2,1H3. The van der Waals surface area contributed by atoms with E-state index in [-0.39, 0.29) is 13.0 Å². The molecule has 1 aliphatic heterocycles. The topological polar surface area (TPSA) is 46.6 Å². The van der Waals surface area contributed by atoms with Crippen LogP contribution < -0.4 is 0 Å². The van der Waals surface area contributed by atoms with Gasteiger partial charge in [-0.05, 0) is 5.56 Å². The summed E-state index contributed by atoms with van der Waals surface area (Å²) < 4.78 is 18.6. The fourth-order valence-electron chi connectivity index (χ4n) is 2.21. The lowest BCUT2D eigenvalue weighted by molar-refractivity contribution is -0.163. The van der Waals surface area contributed by atoms with Gasteiger partial charge in [0.1, 0.15) is 0 Å². The average Bonchev–Trinajstić information content (AvgIpc) is 2.43. The van der Waals surface area contributed by atoms with E-state index in [0.29, 0.717) is 13.1 Å². The molecule has 1 fully saturated rings. The summed E-state index contributed by atoms with van der Waals surface area (Å²) in [6.07, 6.45) is -0.147. The van der Waals surface area contributed by atoms with E-state index in [0.717, 1.165) is 12.7 Å². The minimum atomic E-state index is -2.47. The second-order valence-corrected chi connectivity index (χ2v) is 4.66. The van der Waals surface area contributed by atoms with Crippen LogP contribution in [0.25, 0.3) is 0 Å². The fourth-order valence-corrected chi connectivity index (χ4v) is 2.21. The Bertz CT molecular complexity index is 477. The van der Waals surface area contributed by atoms with Gasteiger partial charge in [0.25, 0.3) is 5.67 Å². The van der Waals surface area contributed by atoms with Gasteiger partial charge in [0.05, 0.1) is 13.7 Å². The lowest BCUT2D eigenvalue weighted by atomic mass is 9.92. The van der Waals surface area contributed by atoms with Crippen LogP contribution >= 0.6 is 0 Å². The molecule has 1 aromatic rings. The van der Waals surface area contributed by atoms with Crippen LogP contribution in [0.2, 0.25) is 0 Å². The van der Waals surface area contributed by atoms with Crippen LogP contribution in [0.15, 0.2) is 30.3 Å². The first-order valence-electron chi connectivity index (χ1n) is 6.13. The Morgan fingerprint density at radius 2 is 2.11 bits per heavy atom. The molecule has 0 bridgehead atoms. The van der Waals surface area contributed by atoms with Crippen molar-refractivity contribution in [3.8, 4) is 0 Å². The number of likely N-dealkylation sites (tertiary alicyclic amines) is 1. The number of ketones is 1. The molecule has 102 valence electrons. The first kappa shape index (κ1) is 13.7. The Morgan fingerprint density at radius 3 is 2.68 bits per heavy atom. The molecule has 1 aromatic carbocycles. The van der Waals surface area contributed by atoms with Crippen LogP contribution in [0, 0.1) is 0 Å². The summed E-state index contributed by atoms with van der Waals surface area (Å²) in [7, 11) is 1.09. The molecular weight excluding hydrogens is 249 g/mol. The summed E-state index contributed by atoms with van der Waals surface area (Å²) >= 11 is 0. The van der Waals surface area contributed by atoms with Gasteiger partial charge < -0.3 is 4.74 Å². The Balaban J connectivity index is 2.01. The van der Waals surface area contributed by atoms with E-state index in [1.165, 1.54) is 0 Å². The average molecular weight is 265 g/mol. The van der Waals surface area contributed by atoms with Gasteiger partial charge in [-0.1, -0.05) is 30.3 Å². The molecule has 0 spiro atoms. The minimum absolute atomic E-state index is 0.0690. The summed E-state index contributed by atoms with van der Waals surface area (Å²) in [6.45, 7) is 0.858. The molecular formula is C14H16FNO3. The van der Waals surface area contributed by atoms with Gasteiger partial charge in [-0.25, -0.2) is 9.18 Å². The normalized spacial score (nSPS) is 24.2. The number of halogens is 1. The molecule has 1 aliphatic rings. The van der Waals surface area contributed by atoms with Gasteiger partial charge in [-0.15, -0.1) is 0 Å². The summed E-state index contributed by atoms with van der Waals surface area (Å²) in [5.41, 5.74) is -1.41. The Kier molecular flexibility index (Phi) is 3.95. The summed E-state index contributed by atoms with van der Waals surface area (Å²) in [5.74, 6) is -1.81. The molecule has 19 heavy (non-hydrogen) atoms.